The smallest absolute Gasteiger partial charge is 0.146 e. The van der Waals surface area contributed by atoms with Crippen LogP contribution in [-0.2, 0) is 4.74 Å². The SMILES string of the molecule is OCC1(CNc2cc(-c3ccco3)ccc2F)COC1. The first kappa shape index (κ1) is 13.1. The molecule has 106 valence electrons. The highest BCUT2D eigenvalue weighted by molar-refractivity contribution is 5.64. The first-order valence-corrected chi connectivity index (χ1v) is 6.48. The van der Waals surface area contributed by atoms with Gasteiger partial charge in [0.05, 0.1) is 37.2 Å². The lowest BCUT2D eigenvalue weighted by Crippen LogP contribution is -2.50. The van der Waals surface area contributed by atoms with Crippen LogP contribution in [0.2, 0.25) is 0 Å². The van der Waals surface area contributed by atoms with Gasteiger partial charge in [-0.05, 0) is 30.3 Å². The molecule has 3 rings (SSSR count). The molecule has 0 aliphatic carbocycles. The maximum atomic E-state index is 13.8. The van der Waals surface area contributed by atoms with Gasteiger partial charge in [0.2, 0.25) is 0 Å². The Labute approximate surface area is 116 Å². The van der Waals surface area contributed by atoms with E-state index in [0.717, 1.165) is 5.56 Å². The quantitative estimate of drug-likeness (QED) is 0.881. The molecule has 0 unspecified atom stereocenters. The molecule has 0 atom stereocenters. The number of furan rings is 1. The molecule has 1 aromatic carbocycles. The molecular weight excluding hydrogens is 261 g/mol. The molecule has 0 saturated carbocycles. The van der Waals surface area contributed by atoms with Crippen LogP contribution in [0.3, 0.4) is 0 Å². The molecule has 0 bridgehead atoms. The van der Waals surface area contributed by atoms with Crippen molar-refractivity contribution >= 4 is 5.69 Å². The van der Waals surface area contributed by atoms with Gasteiger partial charge in [-0.2, -0.15) is 0 Å². The first-order chi connectivity index (χ1) is 9.72. The van der Waals surface area contributed by atoms with Gasteiger partial charge in [0.25, 0.3) is 0 Å². The molecule has 4 nitrogen and oxygen atoms in total. The van der Waals surface area contributed by atoms with Crippen molar-refractivity contribution < 1.29 is 18.7 Å². The Balaban J connectivity index is 1.77. The molecule has 2 heterocycles. The molecule has 0 amide bonds. The van der Waals surface area contributed by atoms with Crippen molar-refractivity contribution in [2.75, 3.05) is 31.7 Å². The number of rotatable bonds is 5. The number of aliphatic hydroxyl groups is 1. The van der Waals surface area contributed by atoms with Crippen LogP contribution in [0, 0.1) is 11.2 Å². The van der Waals surface area contributed by atoms with E-state index in [0.29, 0.717) is 31.2 Å². The Kier molecular flexibility index (Phi) is 3.46. The van der Waals surface area contributed by atoms with Gasteiger partial charge in [0.15, 0.2) is 0 Å². The summed E-state index contributed by atoms with van der Waals surface area (Å²) in [5.74, 6) is 0.366. The molecule has 2 aromatic rings. The van der Waals surface area contributed by atoms with E-state index in [1.807, 2.05) is 6.07 Å². The van der Waals surface area contributed by atoms with Crippen LogP contribution in [0.4, 0.5) is 10.1 Å². The van der Waals surface area contributed by atoms with Crippen LogP contribution in [-0.4, -0.2) is 31.5 Å². The standard InChI is InChI=1S/C15H16FNO3/c16-12-4-3-11(14-2-1-5-20-14)6-13(12)17-7-15(8-18)9-19-10-15/h1-6,17-18H,7-10H2. The zero-order valence-corrected chi connectivity index (χ0v) is 10.9. The van der Waals surface area contributed by atoms with Crippen molar-refractivity contribution in [1.29, 1.82) is 0 Å². The molecule has 1 aromatic heterocycles. The van der Waals surface area contributed by atoms with Gasteiger partial charge in [0, 0.05) is 12.1 Å². The number of nitrogens with one attached hydrogen (secondary N) is 1. The Morgan fingerprint density at radius 3 is 2.75 bits per heavy atom. The summed E-state index contributed by atoms with van der Waals surface area (Å²) in [5.41, 5.74) is 0.910. The third-order valence-corrected chi connectivity index (χ3v) is 3.58. The highest BCUT2D eigenvalue weighted by Crippen LogP contribution is 2.29. The molecular formula is C15H16FNO3. The lowest BCUT2D eigenvalue weighted by atomic mass is 9.87. The largest absolute Gasteiger partial charge is 0.464 e. The first-order valence-electron chi connectivity index (χ1n) is 6.48. The van der Waals surface area contributed by atoms with Gasteiger partial charge in [-0.3, -0.25) is 0 Å². The number of benzene rings is 1. The van der Waals surface area contributed by atoms with E-state index < -0.39 is 0 Å². The van der Waals surface area contributed by atoms with Crippen LogP contribution in [0.25, 0.3) is 11.3 Å². The summed E-state index contributed by atoms with van der Waals surface area (Å²) >= 11 is 0. The van der Waals surface area contributed by atoms with E-state index in [9.17, 15) is 9.50 Å². The fourth-order valence-corrected chi connectivity index (χ4v) is 2.18. The normalized spacial score (nSPS) is 16.7. The van der Waals surface area contributed by atoms with Gasteiger partial charge in [-0.1, -0.05) is 0 Å². The third-order valence-electron chi connectivity index (χ3n) is 3.58. The minimum absolute atomic E-state index is 0.0273. The highest BCUT2D eigenvalue weighted by Gasteiger charge is 2.37. The second-order valence-electron chi connectivity index (χ2n) is 5.18. The summed E-state index contributed by atoms with van der Waals surface area (Å²) in [7, 11) is 0. The summed E-state index contributed by atoms with van der Waals surface area (Å²) in [4.78, 5) is 0. The van der Waals surface area contributed by atoms with E-state index in [4.69, 9.17) is 9.15 Å². The average Bonchev–Trinajstić information content (AvgIpc) is 2.94. The van der Waals surface area contributed by atoms with Crippen molar-refractivity contribution in [3.8, 4) is 11.3 Å². The second-order valence-corrected chi connectivity index (χ2v) is 5.18. The number of hydrogen-bond donors (Lipinski definition) is 2. The van der Waals surface area contributed by atoms with Crippen LogP contribution in [0.1, 0.15) is 0 Å². The van der Waals surface area contributed by atoms with Crippen LogP contribution in [0.15, 0.2) is 41.0 Å². The summed E-state index contributed by atoms with van der Waals surface area (Å²) in [6.07, 6.45) is 1.58. The molecule has 1 aliphatic heterocycles. The van der Waals surface area contributed by atoms with Crippen molar-refractivity contribution in [2.45, 2.75) is 0 Å². The van der Waals surface area contributed by atoms with Gasteiger partial charge in [0.1, 0.15) is 11.6 Å². The number of ether oxygens (including phenoxy) is 1. The Morgan fingerprint density at radius 2 is 2.15 bits per heavy atom. The second kappa shape index (κ2) is 5.26. The Morgan fingerprint density at radius 1 is 1.30 bits per heavy atom. The molecule has 1 fully saturated rings. The predicted octanol–water partition coefficient (Wildman–Crippen LogP) is 2.51. The van der Waals surface area contributed by atoms with Crippen molar-refractivity contribution in [3.05, 3.63) is 42.4 Å². The average molecular weight is 277 g/mol. The van der Waals surface area contributed by atoms with Gasteiger partial charge >= 0.3 is 0 Å². The van der Waals surface area contributed by atoms with Crippen molar-refractivity contribution in [2.24, 2.45) is 5.41 Å². The molecule has 20 heavy (non-hydrogen) atoms. The molecule has 1 aliphatic rings. The number of hydrogen-bond acceptors (Lipinski definition) is 4. The highest BCUT2D eigenvalue weighted by atomic mass is 19.1. The maximum Gasteiger partial charge on any atom is 0.146 e. The van der Waals surface area contributed by atoms with Crippen molar-refractivity contribution in [1.82, 2.24) is 0 Å². The number of anilines is 1. The lowest BCUT2D eigenvalue weighted by Gasteiger charge is -2.40. The monoisotopic (exact) mass is 277 g/mol. The van der Waals surface area contributed by atoms with E-state index in [1.54, 1.807) is 24.5 Å². The predicted molar refractivity (Wildman–Crippen MR) is 72.9 cm³/mol. The van der Waals surface area contributed by atoms with E-state index >= 15 is 0 Å². The number of halogens is 1. The van der Waals surface area contributed by atoms with Crippen LogP contribution < -0.4 is 5.32 Å². The fourth-order valence-electron chi connectivity index (χ4n) is 2.18. The lowest BCUT2D eigenvalue weighted by molar-refractivity contribution is -0.128. The zero-order valence-electron chi connectivity index (χ0n) is 10.9. The van der Waals surface area contributed by atoms with Crippen LogP contribution >= 0.6 is 0 Å². The summed E-state index contributed by atoms with van der Waals surface area (Å²) < 4.78 is 24.3. The van der Waals surface area contributed by atoms with E-state index in [-0.39, 0.29) is 17.8 Å². The molecule has 0 radical (unpaired) electrons. The van der Waals surface area contributed by atoms with Gasteiger partial charge in [-0.25, -0.2) is 4.39 Å². The van der Waals surface area contributed by atoms with Crippen LogP contribution in [0.5, 0.6) is 0 Å². The van der Waals surface area contributed by atoms with E-state index in [1.165, 1.54) is 6.07 Å². The molecule has 1 saturated heterocycles. The minimum Gasteiger partial charge on any atom is -0.464 e. The fraction of sp³-hybridized carbons (Fsp3) is 0.333. The molecule has 2 N–H and O–H groups in total. The molecule has 5 heteroatoms. The van der Waals surface area contributed by atoms with Crippen molar-refractivity contribution in [3.63, 3.8) is 0 Å². The van der Waals surface area contributed by atoms with E-state index in [2.05, 4.69) is 5.32 Å². The summed E-state index contributed by atoms with van der Waals surface area (Å²) in [6.45, 7) is 1.49. The minimum atomic E-state index is -0.325. The number of aliphatic hydroxyl groups excluding tert-OH is 1. The zero-order chi connectivity index (χ0) is 14.0. The molecule has 0 spiro atoms. The topological polar surface area (TPSA) is 54.6 Å². The van der Waals surface area contributed by atoms with Gasteiger partial charge in [-0.15, -0.1) is 0 Å². The maximum absolute atomic E-state index is 13.8. The summed E-state index contributed by atoms with van der Waals surface area (Å²) in [6, 6.07) is 8.40. The third kappa shape index (κ3) is 2.42. The Hall–Kier alpha value is -1.85. The van der Waals surface area contributed by atoms with Gasteiger partial charge < -0.3 is 19.6 Å². The Bertz CT molecular complexity index is 573. The summed E-state index contributed by atoms with van der Waals surface area (Å²) in [5, 5.41) is 12.4.